The zero-order chi connectivity index (χ0) is 5.82. The van der Waals surface area contributed by atoms with Gasteiger partial charge in [0.25, 0.3) is 0 Å². The first-order chi connectivity index (χ1) is 3.93. The van der Waals surface area contributed by atoms with Crippen molar-refractivity contribution < 1.29 is 0 Å². The van der Waals surface area contributed by atoms with Gasteiger partial charge in [0.15, 0.2) is 5.17 Å². The molecule has 0 radical (unpaired) electrons. The lowest BCUT2D eigenvalue weighted by atomic mass is 10.8. The van der Waals surface area contributed by atoms with Crippen LogP contribution in [0.15, 0.2) is 4.99 Å². The molecule has 8 heavy (non-hydrogen) atoms. The Bertz CT molecular complexity index is 101. The lowest BCUT2D eigenvalue weighted by Crippen LogP contribution is -2.37. The highest BCUT2D eigenvalue weighted by Crippen LogP contribution is 1.94. The predicted octanol–water partition coefficient (Wildman–Crippen LogP) is -0.187. The molecule has 0 aromatic heterocycles. The standard InChI is InChI=1S/C4H9N3S/c1-8-4-6-2-5-3-7-4/h5H,2-3H2,1H3,(H,6,7). The fourth-order valence-electron chi connectivity index (χ4n) is 0.514. The van der Waals surface area contributed by atoms with Crippen molar-refractivity contribution in [2.24, 2.45) is 4.99 Å². The Morgan fingerprint density at radius 2 is 2.62 bits per heavy atom. The van der Waals surface area contributed by atoms with Crippen molar-refractivity contribution >= 4 is 16.9 Å². The summed E-state index contributed by atoms with van der Waals surface area (Å²) in [6.07, 6.45) is 2.01. The minimum atomic E-state index is 0.753. The molecule has 1 aliphatic heterocycles. The molecule has 1 rings (SSSR count). The average molecular weight is 131 g/mol. The predicted molar refractivity (Wildman–Crippen MR) is 37.0 cm³/mol. The number of amidine groups is 1. The third kappa shape index (κ3) is 1.38. The summed E-state index contributed by atoms with van der Waals surface area (Å²) >= 11 is 1.64. The van der Waals surface area contributed by atoms with Crippen LogP contribution in [0.3, 0.4) is 0 Å². The van der Waals surface area contributed by atoms with Crippen LogP contribution in [-0.4, -0.2) is 24.8 Å². The molecule has 3 nitrogen and oxygen atoms in total. The molecule has 2 N–H and O–H groups in total. The van der Waals surface area contributed by atoms with Crippen molar-refractivity contribution in [2.75, 3.05) is 19.6 Å². The Morgan fingerprint density at radius 1 is 1.75 bits per heavy atom. The van der Waals surface area contributed by atoms with Gasteiger partial charge in [0, 0.05) is 0 Å². The first-order valence-corrected chi connectivity index (χ1v) is 3.69. The minimum absolute atomic E-state index is 0.753. The van der Waals surface area contributed by atoms with E-state index in [1.807, 2.05) is 6.26 Å². The highest BCUT2D eigenvalue weighted by Gasteiger charge is 1.97. The number of hydrogen-bond acceptors (Lipinski definition) is 4. The van der Waals surface area contributed by atoms with E-state index in [0.717, 1.165) is 18.5 Å². The molecule has 1 aliphatic rings. The van der Waals surface area contributed by atoms with Crippen LogP contribution >= 0.6 is 11.8 Å². The Hall–Kier alpha value is -0.220. The van der Waals surface area contributed by atoms with Crippen LogP contribution in [0.25, 0.3) is 0 Å². The molecular weight excluding hydrogens is 122 g/mol. The van der Waals surface area contributed by atoms with Crippen molar-refractivity contribution in [1.29, 1.82) is 0 Å². The first-order valence-electron chi connectivity index (χ1n) is 2.46. The van der Waals surface area contributed by atoms with Crippen molar-refractivity contribution in [3.05, 3.63) is 0 Å². The summed E-state index contributed by atoms with van der Waals surface area (Å²) in [5.74, 6) is 0. The molecule has 0 aliphatic carbocycles. The molecule has 1 heterocycles. The summed E-state index contributed by atoms with van der Waals surface area (Å²) in [7, 11) is 0. The second kappa shape index (κ2) is 2.94. The van der Waals surface area contributed by atoms with Gasteiger partial charge >= 0.3 is 0 Å². The first kappa shape index (κ1) is 5.91. The monoisotopic (exact) mass is 131 g/mol. The Morgan fingerprint density at radius 3 is 3.00 bits per heavy atom. The van der Waals surface area contributed by atoms with E-state index in [-0.39, 0.29) is 0 Å². The molecule has 0 bridgehead atoms. The summed E-state index contributed by atoms with van der Waals surface area (Å²) in [5, 5.41) is 7.14. The number of hydrogen-bond donors (Lipinski definition) is 2. The lowest BCUT2D eigenvalue weighted by Gasteiger charge is -2.12. The maximum atomic E-state index is 4.11. The van der Waals surface area contributed by atoms with Crippen LogP contribution in [0.4, 0.5) is 0 Å². The summed E-state index contributed by atoms with van der Waals surface area (Å²) in [6.45, 7) is 1.60. The summed E-state index contributed by atoms with van der Waals surface area (Å²) < 4.78 is 0. The molecule has 0 aromatic rings. The second-order valence-corrected chi connectivity index (χ2v) is 2.22. The highest BCUT2D eigenvalue weighted by atomic mass is 32.2. The van der Waals surface area contributed by atoms with Gasteiger partial charge in [-0.2, -0.15) is 0 Å². The zero-order valence-electron chi connectivity index (χ0n) is 4.77. The number of aliphatic imine (C=N–C) groups is 1. The summed E-state index contributed by atoms with van der Waals surface area (Å²) in [5.41, 5.74) is 0. The molecule has 0 saturated carbocycles. The van der Waals surface area contributed by atoms with Crippen molar-refractivity contribution in [2.45, 2.75) is 0 Å². The van der Waals surface area contributed by atoms with Gasteiger partial charge in [-0.15, -0.1) is 0 Å². The van der Waals surface area contributed by atoms with Gasteiger partial charge in [-0.05, 0) is 6.26 Å². The molecule has 46 valence electrons. The van der Waals surface area contributed by atoms with E-state index in [1.54, 1.807) is 11.8 Å². The minimum Gasteiger partial charge on any atom is -0.352 e. The Labute approximate surface area is 52.9 Å². The number of nitrogens with zero attached hydrogens (tertiary/aromatic N) is 1. The van der Waals surface area contributed by atoms with Crippen LogP contribution in [0.5, 0.6) is 0 Å². The molecule has 0 unspecified atom stereocenters. The largest absolute Gasteiger partial charge is 0.352 e. The van der Waals surface area contributed by atoms with Gasteiger partial charge in [0.1, 0.15) is 0 Å². The van der Waals surface area contributed by atoms with Crippen molar-refractivity contribution in [3.63, 3.8) is 0 Å². The molecule has 4 heteroatoms. The van der Waals surface area contributed by atoms with E-state index in [4.69, 9.17) is 0 Å². The Kier molecular flexibility index (Phi) is 2.17. The average Bonchev–Trinajstić information content (AvgIpc) is 1.90. The van der Waals surface area contributed by atoms with Gasteiger partial charge in [-0.1, -0.05) is 11.8 Å². The van der Waals surface area contributed by atoms with Gasteiger partial charge in [-0.3, -0.25) is 5.32 Å². The number of rotatable bonds is 0. The highest BCUT2D eigenvalue weighted by molar-refractivity contribution is 8.13. The van der Waals surface area contributed by atoms with Crippen LogP contribution in [0.1, 0.15) is 0 Å². The fourth-order valence-corrected chi connectivity index (χ4v) is 0.924. The fraction of sp³-hybridized carbons (Fsp3) is 0.750. The van der Waals surface area contributed by atoms with Gasteiger partial charge in [0.2, 0.25) is 0 Å². The van der Waals surface area contributed by atoms with Crippen LogP contribution in [0, 0.1) is 0 Å². The lowest BCUT2D eigenvalue weighted by molar-refractivity contribution is 0.653. The van der Waals surface area contributed by atoms with Crippen LogP contribution in [0.2, 0.25) is 0 Å². The quantitative estimate of drug-likeness (QED) is 0.478. The summed E-state index contributed by atoms with van der Waals surface area (Å²) in [4.78, 5) is 4.11. The maximum Gasteiger partial charge on any atom is 0.158 e. The van der Waals surface area contributed by atoms with E-state index in [9.17, 15) is 0 Å². The normalized spacial score (nSPS) is 19.4. The van der Waals surface area contributed by atoms with E-state index in [2.05, 4.69) is 15.6 Å². The molecule has 0 spiro atoms. The molecule has 0 fully saturated rings. The van der Waals surface area contributed by atoms with Gasteiger partial charge in [0.05, 0.1) is 13.3 Å². The van der Waals surface area contributed by atoms with Crippen molar-refractivity contribution in [1.82, 2.24) is 10.6 Å². The Balaban J connectivity index is 2.37. The maximum absolute atomic E-state index is 4.11. The van der Waals surface area contributed by atoms with Gasteiger partial charge < -0.3 is 5.32 Å². The van der Waals surface area contributed by atoms with E-state index < -0.39 is 0 Å². The third-order valence-electron chi connectivity index (χ3n) is 0.892. The summed E-state index contributed by atoms with van der Waals surface area (Å²) in [6, 6.07) is 0. The molecular formula is C4H9N3S. The van der Waals surface area contributed by atoms with Crippen LogP contribution in [-0.2, 0) is 0 Å². The van der Waals surface area contributed by atoms with Crippen molar-refractivity contribution in [3.8, 4) is 0 Å². The molecule has 0 aromatic carbocycles. The van der Waals surface area contributed by atoms with E-state index in [0.29, 0.717) is 0 Å². The van der Waals surface area contributed by atoms with E-state index >= 15 is 0 Å². The zero-order valence-corrected chi connectivity index (χ0v) is 5.59. The molecule has 0 saturated heterocycles. The smallest absolute Gasteiger partial charge is 0.158 e. The SMILES string of the molecule is CSC1=NCNCN1. The third-order valence-corrected chi connectivity index (χ3v) is 1.55. The number of nitrogens with one attached hydrogen (secondary N) is 2. The number of thioether (sulfide) groups is 1. The topological polar surface area (TPSA) is 36.4 Å². The molecule has 0 amide bonds. The van der Waals surface area contributed by atoms with E-state index in [1.165, 1.54) is 0 Å². The second-order valence-electron chi connectivity index (χ2n) is 1.43. The van der Waals surface area contributed by atoms with Crippen LogP contribution < -0.4 is 10.6 Å². The molecule has 0 atom stereocenters. The van der Waals surface area contributed by atoms with Gasteiger partial charge in [-0.25, -0.2) is 4.99 Å².